The van der Waals surface area contributed by atoms with Crippen LogP contribution in [0, 0.1) is 11.6 Å². The molecule has 1 N–H and O–H groups in total. The highest BCUT2D eigenvalue weighted by atomic mass is 19.1. The zero-order valence-electron chi connectivity index (χ0n) is 17.5. The second-order valence-electron chi connectivity index (χ2n) is 7.41. The Kier molecular flexibility index (Phi) is 5.68. The number of fused-ring (bicyclic) bond motifs is 1. The maximum atomic E-state index is 14.0. The van der Waals surface area contributed by atoms with E-state index >= 15 is 0 Å². The third kappa shape index (κ3) is 4.67. The Morgan fingerprint density at radius 2 is 1.33 bits per heavy atom. The quantitative estimate of drug-likeness (QED) is 0.332. The van der Waals surface area contributed by atoms with Gasteiger partial charge in [-0.1, -0.05) is 36.4 Å². The number of ether oxygens (including phenoxy) is 2. The van der Waals surface area contributed by atoms with Gasteiger partial charge in [0.15, 0.2) is 5.65 Å². The molecule has 5 rings (SSSR count). The van der Waals surface area contributed by atoms with Crippen LogP contribution in [-0.4, -0.2) is 15.0 Å². The number of halogens is 2. The van der Waals surface area contributed by atoms with Crippen LogP contribution in [0.1, 0.15) is 11.1 Å². The van der Waals surface area contributed by atoms with Crippen LogP contribution in [0.25, 0.3) is 22.6 Å². The van der Waals surface area contributed by atoms with E-state index in [2.05, 4.69) is 15.0 Å². The van der Waals surface area contributed by atoms with Crippen molar-refractivity contribution in [3.8, 4) is 22.9 Å². The van der Waals surface area contributed by atoms with Crippen molar-refractivity contribution in [3.63, 3.8) is 0 Å². The lowest BCUT2D eigenvalue weighted by atomic mass is 10.2. The number of aromatic amines is 1. The molecule has 0 atom stereocenters. The summed E-state index contributed by atoms with van der Waals surface area (Å²) in [4.78, 5) is 12.0. The van der Waals surface area contributed by atoms with Crippen LogP contribution in [0.2, 0.25) is 0 Å². The molecule has 0 aliphatic heterocycles. The summed E-state index contributed by atoms with van der Waals surface area (Å²) in [5.41, 5.74) is 2.94. The summed E-state index contributed by atoms with van der Waals surface area (Å²) in [5, 5.41) is 0. The summed E-state index contributed by atoms with van der Waals surface area (Å²) in [5.74, 6) is 0.831. The number of aromatic nitrogens is 3. The molecule has 2 heterocycles. The van der Waals surface area contributed by atoms with Crippen LogP contribution in [0.5, 0.6) is 11.5 Å². The summed E-state index contributed by atoms with van der Waals surface area (Å²) < 4.78 is 39.8. The van der Waals surface area contributed by atoms with Crippen molar-refractivity contribution in [1.82, 2.24) is 15.0 Å². The molecule has 5 aromatic rings. The van der Waals surface area contributed by atoms with Crippen LogP contribution in [0.15, 0.2) is 85.1 Å². The molecule has 0 radical (unpaired) electrons. The largest absolute Gasteiger partial charge is 0.489 e. The van der Waals surface area contributed by atoms with Crippen molar-refractivity contribution in [2.24, 2.45) is 0 Å². The SMILES string of the molecule is Fc1ccccc1COc1cc(OCc2ccccc2F)cc(-c2nc3cccnc3[nH]2)c1. The first-order valence-corrected chi connectivity index (χ1v) is 10.3. The summed E-state index contributed by atoms with van der Waals surface area (Å²) in [7, 11) is 0. The van der Waals surface area contributed by atoms with E-state index in [-0.39, 0.29) is 24.8 Å². The van der Waals surface area contributed by atoms with Gasteiger partial charge in [-0.25, -0.2) is 18.7 Å². The molecule has 0 unspecified atom stereocenters. The lowest BCUT2D eigenvalue weighted by molar-refractivity contribution is 0.284. The van der Waals surface area contributed by atoms with Gasteiger partial charge in [0.1, 0.15) is 47.7 Å². The lowest BCUT2D eigenvalue weighted by Gasteiger charge is -2.12. The number of nitrogens with zero attached hydrogens (tertiary/aromatic N) is 2. The first-order chi connectivity index (χ1) is 16.2. The van der Waals surface area contributed by atoms with E-state index in [1.54, 1.807) is 60.8 Å². The van der Waals surface area contributed by atoms with Crippen molar-refractivity contribution < 1.29 is 18.3 Å². The summed E-state index contributed by atoms with van der Waals surface area (Å²) in [6.07, 6.45) is 1.68. The third-order valence-electron chi connectivity index (χ3n) is 5.11. The van der Waals surface area contributed by atoms with Gasteiger partial charge >= 0.3 is 0 Å². The van der Waals surface area contributed by atoms with E-state index in [0.29, 0.717) is 39.7 Å². The van der Waals surface area contributed by atoms with Crippen LogP contribution < -0.4 is 9.47 Å². The van der Waals surface area contributed by atoms with Crippen LogP contribution in [0.4, 0.5) is 8.78 Å². The van der Waals surface area contributed by atoms with E-state index in [0.717, 1.165) is 5.52 Å². The maximum Gasteiger partial charge on any atom is 0.157 e. The summed E-state index contributed by atoms with van der Waals surface area (Å²) in [6, 6.07) is 21.8. The van der Waals surface area contributed by atoms with Gasteiger partial charge in [-0.2, -0.15) is 0 Å². The molecule has 164 valence electrons. The standard InChI is InChI=1S/C26H19F2N3O2/c27-22-8-3-1-6-17(22)15-32-20-12-19(25-30-24-10-5-11-29-26(24)31-25)13-21(14-20)33-16-18-7-2-4-9-23(18)28/h1-14H,15-16H2,(H,29,30,31). The molecule has 0 aliphatic rings. The molecule has 3 aromatic carbocycles. The second kappa shape index (κ2) is 9.08. The highest BCUT2D eigenvalue weighted by Gasteiger charge is 2.12. The van der Waals surface area contributed by atoms with Crippen molar-refractivity contribution in [3.05, 3.63) is 108 Å². The van der Waals surface area contributed by atoms with Gasteiger partial charge < -0.3 is 14.5 Å². The minimum atomic E-state index is -0.340. The number of imidazole rings is 1. The van der Waals surface area contributed by atoms with Gasteiger partial charge in [0, 0.05) is 29.0 Å². The molecular formula is C26H19F2N3O2. The smallest absolute Gasteiger partial charge is 0.157 e. The number of rotatable bonds is 7. The van der Waals surface area contributed by atoms with Crippen molar-refractivity contribution in [2.75, 3.05) is 0 Å². The van der Waals surface area contributed by atoms with Gasteiger partial charge in [-0.05, 0) is 36.4 Å². The zero-order valence-corrected chi connectivity index (χ0v) is 17.5. The summed E-state index contributed by atoms with van der Waals surface area (Å²) >= 11 is 0. The molecule has 0 saturated heterocycles. The van der Waals surface area contributed by atoms with E-state index in [4.69, 9.17) is 9.47 Å². The topological polar surface area (TPSA) is 60.0 Å². The minimum Gasteiger partial charge on any atom is -0.489 e. The first-order valence-electron chi connectivity index (χ1n) is 10.3. The van der Waals surface area contributed by atoms with Gasteiger partial charge in [0.25, 0.3) is 0 Å². The highest BCUT2D eigenvalue weighted by Crippen LogP contribution is 2.31. The number of hydrogen-bond acceptors (Lipinski definition) is 4. The molecule has 0 aliphatic carbocycles. The average Bonchev–Trinajstić information content (AvgIpc) is 3.28. The molecule has 0 spiro atoms. The predicted octanol–water partition coefficient (Wildman–Crippen LogP) is 6.06. The van der Waals surface area contributed by atoms with Crippen molar-refractivity contribution in [2.45, 2.75) is 13.2 Å². The molecule has 0 fully saturated rings. The van der Waals surface area contributed by atoms with E-state index < -0.39 is 0 Å². The normalized spacial score (nSPS) is 11.0. The number of pyridine rings is 1. The number of H-pyrrole nitrogens is 1. The highest BCUT2D eigenvalue weighted by molar-refractivity contribution is 5.76. The molecule has 0 bridgehead atoms. The number of nitrogens with one attached hydrogen (secondary N) is 1. The average molecular weight is 443 g/mol. The maximum absolute atomic E-state index is 14.0. The van der Waals surface area contributed by atoms with Gasteiger partial charge in [0.05, 0.1) is 0 Å². The zero-order chi connectivity index (χ0) is 22.6. The predicted molar refractivity (Wildman–Crippen MR) is 121 cm³/mol. The Labute approximate surface area is 188 Å². The Hall–Kier alpha value is -4.26. The first kappa shape index (κ1) is 20.6. The Morgan fingerprint density at radius 1 is 0.727 bits per heavy atom. The van der Waals surface area contributed by atoms with Crippen LogP contribution in [0.3, 0.4) is 0 Å². The summed E-state index contributed by atoms with van der Waals surface area (Å²) in [6.45, 7) is 0.0924. The van der Waals surface area contributed by atoms with Gasteiger partial charge in [-0.15, -0.1) is 0 Å². The molecule has 0 amide bonds. The second-order valence-corrected chi connectivity index (χ2v) is 7.41. The molecule has 5 nitrogen and oxygen atoms in total. The van der Waals surface area contributed by atoms with Gasteiger partial charge in [0.2, 0.25) is 0 Å². The van der Waals surface area contributed by atoms with E-state index in [9.17, 15) is 8.78 Å². The Morgan fingerprint density at radius 3 is 1.91 bits per heavy atom. The monoisotopic (exact) mass is 443 g/mol. The molecule has 33 heavy (non-hydrogen) atoms. The number of benzene rings is 3. The molecular weight excluding hydrogens is 424 g/mol. The Bertz CT molecular complexity index is 1320. The van der Waals surface area contributed by atoms with Crippen LogP contribution in [-0.2, 0) is 13.2 Å². The fourth-order valence-corrected chi connectivity index (χ4v) is 3.41. The fourth-order valence-electron chi connectivity index (χ4n) is 3.41. The van der Waals surface area contributed by atoms with E-state index in [1.165, 1.54) is 12.1 Å². The lowest BCUT2D eigenvalue weighted by Crippen LogP contribution is -2.01. The Balaban J connectivity index is 1.46. The van der Waals surface area contributed by atoms with Crippen molar-refractivity contribution >= 4 is 11.2 Å². The molecule has 0 saturated carbocycles. The van der Waals surface area contributed by atoms with E-state index in [1.807, 2.05) is 12.1 Å². The van der Waals surface area contributed by atoms with Crippen molar-refractivity contribution in [1.29, 1.82) is 0 Å². The van der Waals surface area contributed by atoms with Crippen LogP contribution >= 0.6 is 0 Å². The number of hydrogen-bond donors (Lipinski definition) is 1. The molecule has 2 aromatic heterocycles. The minimum absolute atomic E-state index is 0.0462. The van der Waals surface area contributed by atoms with Gasteiger partial charge in [-0.3, -0.25) is 0 Å². The fraction of sp³-hybridized carbons (Fsp3) is 0.0769. The molecule has 7 heteroatoms. The third-order valence-corrected chi connectivity index (χ3v) is 5.11.